The lowest BCUT2D eigenvalue weighted by molar-refractivity contribution is -0.131. The molecule has 4 aliphatic rings. The van der Waals surface area contributed by atoms with E-state index in [9.17, 15) is 4.79 Å². The first kappa shape index (κ1) is 13.3. The van der Waals surface area contributed by atoms with E-state index in [1.807, 2.05) is 12.1 Å². The Bertz CT molecular complexity index is 501. The molecule has 5 rings (SSSR count). The zero-order valence-electron chi connectivity index (χ0n) is 11.4. The Kier molecular flexibility index (Phi) is 3.22. The van der Waals surface area contributed by atoms with Crippen molar-refractivity contribution in [3.8, 4) is 0 Å². The summed E-state index contributed by atoms with van der Waals surface area (Å²) in [4.78, 5) is 14.4. The fourth-order valence-electron chi connectivity index (χ4n) is 4.96. The number of esters is 1. The molecule has 0 saturated heterocycles. The minimum absolute atomic E-state index is 0.0934. The van der Waals surface area contributed by atoms with E-state index >= 15 is 0 Å². The van der Waals surface area contributed by atoms with Crippen LogP contribution in [0.2, 0.25) is 0 Å². The fraction of sp³-hybridized carbons (Fsp3) is 0.688. The summed E-state index contributed by atoms with van der Waals surface area (Å²) in [5.74, 6) is 2.35. The molecule has 108 valence electrons. The van der Waals surface area contributed by atoms with Gasteiger partial charge in [0.2, 0.25) is 0 Å². The molecule has 0 atom stereocenters. The van der Waals surface area contributed by atoms with Crippen molar-refractivity contribution in [2.75, 3.05) is 0 Å². The maximum absolute atomic E-state index is 12.4. The zero-order valence-corrected chi connectivity index (χ0v) is 13.8. The van der Waals surface area contributed by atoms with Gasteiger partial charge in [-0.25, -0.2) is 4.79 Å². The highest BCUT2D eigenvalue weighted by molar-refractivity contribution is 9.08. The average Bonchev–Trinajstić information content (AvgIpc) is 2.85. The Morgan fingerprint density at radius 3 is 2.30 bits per heavy atom. The summed E-state index contributed by atoms with van der Waals surface area (Å²) in [7, 11) is 0. The number of carbonyl (C=O) groups excluding carboxylic acids is 1. The van der Waals surface area contributed by atoms with E-state index in [0.29, 0.717) is 0 Å². The van der Waals surface area contributed by atoms with Crippen molar-refractivity contribution in [3.05, 3.63) is 21.9 Å². The molecular weight excluding hydrogens is 336 g/mol. The Morgan fingerprint density at radius 1 is 1.20 bits per heavy atom. The van der Waals surface area contributed by atoms with E-state index < -0.39 is 0 Å². The normalized spacial score (nSPS) is 38.1. The van der Waals surface area contributed by atoms with E-state index in [0.717, 1.165) is 47.2 Å². The first-order valence-corrected chi connectivity index (χ1v) is 9.47. The second kappa shape index (κ2) is 4.84. The van der Waals surface area contributed by atoms with Gasteiger partial charge < -0.3 is 4.74 Å². The van der Waals surface area contributed by atoms with E-state index in [-0.39, 0.29) is 11.6 Å². The van der Waals surface area contributed by atoms with E-state index in [4.69, 9.17) is 4.74 Å². The Balaban J connectivity index is 1.52. The summed E-state index contributed by atoms with van der Waals surface area (Å²) in [6, 6.07) is 3.92. The van der Waals surface area contributed by atoms with Gasteiger partial charge in [0, 0.05) is 10.2 Å². The van der Waals surface area contributed by atoms with Crippen LogP contribution in [0.5, 0.6) is 0 Å². The van der Waals surface area contributed by atoms with Crippen molar-refractivity contribution in [1.82, 2.24) is 0 Å². The molecule has 0 N–H and O–H groups in total. The van der Waals surface area contributed by atoms with Crippen molar-refractivity contribution >= 4 is 33.2 Å². The molecule has 0 aliphatic heterocycles. The molecule has 1 heterocycles. The summed E-state index contributed by atoms with van der Waals surface area (Å²) in [6.07, 6.45) is 7.47. The summed E-state index contributed by atoms with van der Waals surface area (Å²) in [5, 5.41) is 0.808. The molecule has 0 aromatic carbocycles. The van der Waals surface area contributed by atoms with Crippen LogP contribution in [0.4, 0.5) is 0 Å². The number of rotatable bonds is 3. The van der Waals surface area contributed by atoms with Crippen molar-refractivity contribution in [2.45, 2.75) is 49.5 Å². The van der Waals surface area contributed by atoms with E-state index in [2.05, 4.69) is 15.9 Å². The van der Waals surface area contributed by atoms with Gasteiger partial charge in [-0.05, 0) is 68.4 Å². The second-order valence-electron chi connectivity index (χ2n) is 6.89. The van der Waals surface area contributed by atoms with Crippen LogP contribution in [0.15, 0.2) is 12.1 Å². The van der Waals surface area contributed by atoms with Gasteiger partial charge in [-0.1, -0.05) is 15.9 Å². The average molecular weight is 355 g/mol. The Labute approximate surface area is 132 Å². The molecule has 4 bridgehead atoms. The number of carbonyl (C=O) groups is 1. The van der Waals surface area contributed by atoms with Gasteiger partial charge in [0.25, 0.3) is 0 Å². The van der Waals surface area contributed by atoms with Gasteiger partial charge in [-0.15, -0.1) is 11.3 Å². The molecule has 20 heavy (non-hydrogen) atoms. The largest absolute Gasteiger partial charge is 0.455 e. The second-order valence-corrected chi connectivity index (χ2v) is 8.62. The van der Waals surface area contributed by atoms with E-state index in [1.165, 1.54) is 24.1 Å². The molecule has 0 radical (unpaired) electrons. The van der Waals surface area contributed by atoms with Gasteiger partial charge >= 0.3 is 5.97 Å². The van der Waals surface area contributed by atoms with Crippen LogP contribution in [0.25, 0.3) is 0 Å². The summed E-state index contributed by atoms with van der Waals surface area (Å²) >= 11 is 4.98. The number of hydrogen-bond donors (Lipinski definition) is 0. The van der Waals surface area contributed by atoms with Gasteiger partial charge in [0.15, 0.2) is 0 Å². The van der Waals surface area contributed by atoms with Crippen LogP contribution in [0.3, 0.4) is 0 Å². The van der Waals surface area contributed by atoms with Gasteiger partial charge in [0.1, 0.15) is 10.5 Å². The minimum Gasteiger partial charge on any atom is -0.455 e. The van der Waals surface area contributed by atoms with Crippen LogP contribution in [0.1, 0.15) is 53.1 Å². The lowest BCUT2D eigenvalue weighted by Gasteiger charge is -2.55. The number of ether oxygens (including phenoxy) is 1. The van der Waals surface area contributed by atoms with Crippen molar-refractivity contribution in [3.63, 3.8) is 0 Å². The monoisotopic (exact) mass is 354 g/mol. The topological polar surface area (TPSA) is 26.3 Å². The summed E-state index contributed by atoms with van der Waals surface area (Å²) < 4.78 is 6.05. The molecular formula is C16H19BrO2S. The highest BCUT2D eigenvalue weighted by atomic mass is 79.9. The van der Waals surface area contributed by atoms with Gasteiger partial charge in [0.05, 0.1) is 0 Å². The zero-order chi connectivity index (χ0) is 13.7. The highest BCUT2D eigenvalue weighted by Gasteiger charge is 2.53. The molecule has 0 unspecified atom stereocenters. The number of thiophene rings is 1. The maximum atomic E-state index is 12.4. The van der Waals surface area contributed by atoms with Crippen molar-refractivity contribution in [2.24, 2.45) is 17.8 Å². The molecule has 4 saturated carbocycles. The van der Waals surface area contributed by atoms with E-state index in [1.54, 1.807) is 11.3 Å². The summed E-state index contributed by atoms with van der Waals surface area (Å²) in [6.45, 7) is 0. The highest BCUT2D eigenvalue weighted by Crippen LogP contribution is 2.57. The summed E-state index contributed by atoms with van der Waals surface area (Å²) in [5.41, 5.74) is -0.121. The first-order valence-electron chi connectivity index (χ1n) is 7.54. The molecule has 4 fully saturated rings. The molecule has 4 heteroatoms. The van der Waals surface area contributed by atoms with Crippen LogP contribution < -0.4 is 0 Å². The lowest BCUT2D eigenvalue weighted by Crippen LogP contribution is -2.52. The Hall–Kier alpha value is -0.350. The number of hydrogen-bond acceptors (Lipinski definition) is 3. The Morgan fingerprint density at radius 2 is 1.80 bits per heavy atom. The maximum Gasteiger partial charge on any atom is 0.348 e. The first-order chi connectivity index (χ1) is 9.66. The number of alkyl halides is 1. The van der Waals surface area contributed by atoms with Crippen molar-refractivity contribution < 1.29 is 9.53 Å². The smallest absolute Gasteiger partial charge is 0.348 e. The SMILES string of the molecule is O=C(OC12CC3CC(CC(C3)C1)C2)c1ccc(CBr)s1. The molecule has 4 aliphatic carbocycles. The van der Waals surface area contributed by atoms with Gasteiger partial charge in [-0.3, -0.25) is 0 Å². The molecule has 0 spiro atoms. The predicted molar refractivity (Wildman–Crippen MR) is 83.3 cm³/mol. The third-order valence-electron chi connectivity index (χ3n) is 5.29. The van der Waals surface area contributed by atoms with Crippen LogP contribution >= 0.6 is 27.3 Å². The molecule has 2 nitrogen and oxygen atoms in total. The predicted octanol–water partition coefficient (Wildman–Crippen LogP) is 4.77. The molecule has 1 aromatic heterocycles. The molecule has 0 amide bonds. The number of halogens is 1. The fourth-order valence-corrected chi connectivity index (χ4v) is 6.23. The van der Waals surface area contributed by atoms with Crippen LogP contribution in [-0.4, -0.2) is 11.6 Å². The van der Waals surface area contributed by atoms with Crippen LogP contribution in [0, 0.1) is 17.8 Å². The van der Waals surface area contributed by atoms with Crippen molar-refractivity contribution in [1.29, 1.82) is 0 Å². The van der Waals surface area contributed by atoms with Gasteiger partial charge in [-0.2, -0.15) is 0 Å². The quantitative estimate of drug-likeness (QED) is 0.577. The third-order valence-corrected chi connectivity index (χ3v) is 7.33. The van der Waals surface area contributed by atoms with Crippen LogP contribution in [-0.2, 0) is 10.1 Å². The lowest BCUT2D eigenvalue weighted by atomic mass is 9.54. The standard InChI is InChI=1S/C16H19BrO2S/c17-9-13-1-2-14(20-13)15(18)19-16-6-10-3-11(7-16)5-12(4-10)8-16/h1-2,10-12H,3-9H2. The third kappa shape index (κ3) is 2.25. The minimum atomic E-state index is -0.121. The molecule has 1 aromatic rings.